The number of rotatable bonds is 3. The maximum absolute atomic E-state index is 12.7. The van der Waals surface area contributed by atoms with Gasteiger partial charge in [-0.3, -0.25) is 4.79 Å². The molecule has 0 spiro atoms. The second kappa shape index (κ2) is 6.52. The van der Waals surface area contributed by atoms with Crippen LogP contribution in [0.3, 0.4) is 0 Å². The van der Waals surface area contributed by atoms with E-state index in [1.807, 2.05) is 42.3 Å². The Hall–Kier alpha value is -2.49. The number of nitrogens with one attached hydrogen (secondary N) is 1. The molecule has 0 unspecified atom stereocenters. The first-order chi connectivity index (χ1) is 10.8. The van der Waals surface area contributed by atoms with Crippen molar-refractivity contribution < 1.29 is 4.79 Å². The third kappa shape index (κ3) is 2.91. The van der Waals surface area contributed by atoms with Gasteiger partial charge in [0, 0.05) is 44.6 Å². The highest BCUT2D eigenvalue weighted by Crippen LogP contribution is 2.20. The largest absolute Gasteiger partial charge is 0.387 e. The van der Waals surface area contributed by atoms with E-state index in [0.29, 0.717) is 0 Å². The van der Waals surface area contributed by atoms with Crippen LogP contribution in [0.25, 0.3) is 0 Å². The quantitative estimate of drug-likeness (QED) is 0.945. The van der Waals surface area contributed by atoms with Gasteiger partial charge in [-0.15, -0.1) is 0 Å². The van der Waals surface area contributed by atoms with E-state index in [0.717, 1.165) is 37.4 Å². The molecule has 0 atom stereocenters. The van der Waals surface area contributed by atoms with E-state index >= 15 is 0 Å². The van der Waals surface area contributed by atoms with Crippen LogP contribution in [0.5, 0.6) is 0 Å². The third-order valence-corrected chi connectivity index (χ3v) is 4.12. The highest BCUT2D eigenvalue weighted by molar-refractivity contribution is 5.99. The summed E-state index contributed by atoms with van der Waals surface area (Å²) >= 11 is 0. The molecule has 0 aromatic heterocycles. The second-order valence-corrected chi connectivity index (χ2v) is 5.41. The number of nitrogens with zero attached hydrogens (tertiary/aromatic N) is 2. The van der Waals surface area contributed by atoms with E-state index in [4.69, 9.17) is 0 Å². The van der Waals surface area contributed by atoms with Crippen LogP contribution in [0, 0.1) is 0 Å². The number of hydrogen-bond donors (Lipinski definition) is 1. The molecule has 4 heteroatoms. The van der Waals surface area contributed by atoms with E-state index in [1.54, 1.807) is 0 Å². The van der Waals surface area contributed by atoms with E-state index < -0.39 is 0 Å². The van der Waals surface area contributed by atoms with Crippen LogP contribution in [0.15, 0.2) is 54.6 Å². The predicted molar refractivity (Wildman–Crippen MR) is 90.5 cm³/mol. The number of para-hydroxylation sites is 2. The molecule has 0 radical (unpaired) electrons. The lowest BCUT2D eigenvalue weighted by Crippen LogP contribution is -2.48. The maximum Gasteiger partial charge on any atom is 0.256 e. The van der Waals surface area contributed by atoms with Crippen molar-refractivity contribution in [2.75, 3.05) is 43.4 Å². The van der Waals surface area contributed by atoms with Crippen molar-refractivity contribution in [3.8, 4) is 0 Å². The van der Waals surface area contributed by atoms with Gasteiger partial charge in [0.05, 0.1) is 5.56 Å². The molecule has 1 saturated heterocycles. The van der Waals surface area contributed by atoms with E-state index in [-0.39, 0.29) is 5.91 Å². The molecule has 0 aliphatic carbocycles. The van der Waals surface area contributed by atoms with Gasteiger partial charge in [-0.1, -0.05) is 30.3 Å². The number of amides is 1. The number of anilines is 2. The van der Waals surface area contributed by atoms with Gasteiger partial charge in [-0.25, -0.2) is 0 Å². The van der Waals surface area contributed by atoms with Crippen molar-refractivity contribution in [2.24, 2.45) is 0 Å². The van der Waals surface area contributed by atoms with Gasteiger partial charge in [-0.05, 0) is 24.3 Å². The van der Waals surface area contributed by atoms with Crippen molar-refractivity contribution in [3.05, 3.63) is 60.2 Å². The van der Waals surface area contributed by atoms with Crippen LogP contribution in [-0.2, 0) is 0 Å². The lowest BCUT2D eigenvalue weighted by Gasteiger charge is -2.36. The first kappa shape index (κ1) is 14.4. The maximum atomic E-state index is 12.7. The molecule has 1 aliphatic rings. The summed E-state index contributed by atoms with van der Waals surface area (Å²) in [5.41, 5.74) is 2.86. The van der Waals surface area contributed by atoms with Crippen LogP contribution in [0.2, 0.25) is 0 Å². The number of carbonyl (C=O) groups is 1. The average Bonchev–Trinajstić information content (AvgIpc) is 2.62. The van der Waals surface area contributed by atoms with Crippen LogP contribution in [0.1, 0.15) is 10.4 Å². The molecule has 4 nitrogen and oxygen atoms in total. The summed E-state index contributed by atoms with van der Waals surface area (Å²) in [4.78, 5) is 17.0. The summed E-state index contributed by atoms with van der Waals surface area (Å²) in [5.74, 6) is 0.109. The minimum atomic E-state index is 0.109. The average molecular weight is 295 g/mol. The lowest BCUT2D eigenvalue weighted by atomic mass is 10.1. The molecule has 1 heterocycles. The molecular weight excluding hydrogens is 274 g/mol. The summed E-state index contributed by atoms with van der Waals surface area (Å²) < 4.78 is 0. The fourth-order valence-corrected chi connectivity index (χ4v) is 2.86. The molecule has 22 heavy (non-hydrogen) atoms. The fourth-order valence-electron chi connectivity index (χ4n) is 2.86. The normalized spacial score (nSPS) is 14.8. The highest BCUT2D eigenvalue weighted by atomic mass is 16.2. The summed E-state index contributed by atoms with van der Waals surface area (Å²) in [7, 11) is 1.85. The topological polar surface area (TPSA) is 35.6 Å². The van der Waals surface area contributed by atoms with Gasteiger partial charge in [0.2, 0.25) is 0 Å². The zero-order valence-electron chi connectivity index (χ0n) is 12.8. The molecule has 1 amide bonds. The van der Waals surface area contributed by atoms with Crippen LogP contribution in [0.4, 0.5) is 11.4 Å². The Kier molecular flexibility index (Phi) is 4.28. The van der Waals surface area contributed by atoms with E-state index in [1.165, 1.54) is 5.69 Å². The molecule has 2 aromatic rings. The van der Waals surface area contributed by atoms with Gasteiger partial charge < -0.3 is 15.1 Å². The minimum absolute atomic E-state index is 0.109. The number of piperazine rings is 1. The highest BCUT2D eigenvalue weighted by Gasteiger charge is 2.23. The Morgan fingerprint density at radius 3 is 2.23 bits per heavy atom. The fraction of sp³-hybridized carbons (Fsp3) is 0.278. The second-order valence-electron chi connectivity index (χ2n) is 5.41. The number of hydrogen-bond acceptors (Lipinski definition) is 3. The van der Waals surface area contributed by atoms with E-state index in [9.17, 15) is 4.79 Å². The zero-order valence-corrected chi connectivity index (χ0v) is 12.8. The Balaban J connectivity index is 1.67. The van der Waals surface area contributed by atoms with Crippen molar-refractivity contribution >= 4 is 17.3 Å². The van der Waals surface area contributed by atoms with Gasteiger partial charge in [0.15, 0.2) is 0 Å². The Labute approximate surface area is 131 Å². The van der Waals surface area contributed by atoms with Crippen molar-refractivity contribution in [1.29, 1.82) is 0 Å². The van der Waals surface area contributed by atoms with E-state index in [2.05, 4.69) is 34.5 Å². The minimum Gasteiger partial charge on any atom is -0.387 e. The first-order valence-corrected chi connectivity index (χ1v) is 7.65. The molecule has 114 valence electrons. The molecule has 1 fully saturated rings. The molecule has 2 aromatic carbocycles. The summed E-state index contributed by atoms with van der Waals surface area (Å²) in [6.45, 7) is 3.26. The van der Waals surface area contributed by atoms with Gasteiger partial charge in [0.1, 0.15) is 0 Å². The molecular formula is C18H21N3O. The molecule has 0 saturated carbocycles. The molecule has 1 aliphatic heterocycles. The number of benzene rings is 2. The summed E-state index contributed by atoms with van der Waals surface area (Å²) in [6.07, 6.45) is 0. The van der Waals surface area contributed by atoms with Crippen molar-refractivity contribution in [2.45, 2.75) is 0 Å². The van der Waals surface area contributed by atoms with Gasteiger partial charge in [-0.2, -0.15) is 0 Å². The first-order valence-electron chi connectivity index (χ1n) is 7.65. The summed E-state index contributed by atoms with van der Waals surface area (Å²) in [5, 5.41) is 3.09. The zero-order chi connectivity index (χ0) is 15.4. The van der Waals surface area contributed by atoms with Crippen molar-refractivity contribution in [3.63, 3.8) is 0 Å². The third-order valence-electron chi connectivity index (χ3n) is 4.12. The molecule has 3 rings (SSSR count). The van der Waals surface area contributed by atoms with Crippen molar-refractivity contribution in [1.82, 2.24) is 4.90 Å². The predicted octanol–water partition coefficient (Wildman–Crippen LogP) is 2.69. The lowest BCUT2D eigenvalue weighted by molar-refractivity contribution is 0.0748. The van der Waals surface area contributed by atoms with Crippen LogP contribution >= 0.6 is 0 Å². The Bertz CT molecular complexity index is 634. The van der Waals surface area contributed by atoms with Gasteiger partial charge in [0.25, 0.3) is 5.91 Å². The van der Waals surface area contributed by atoms with Gasteiger partial charge >= 0.3 is 0 Å². The Morgan fingerprint density at radius 1 is 0.909 bits per heavy atom. The monoisotopic (exact) mass is 295 g/mol. The molecule has 1 N–H and O–H groups in total. The SMILES string of the molecule is CNc1ccccc1C(=O)N1CCN(c2ccccc2)CC1. The molecule has 0 bridgehead atoms. The summed E-state index contributed by atoms with van der Waals surface area (Å²) in [6, 6.07) is 18.0. The standard InChI is InChI=1S/C18H21N3O/c1-19-17-10-6-5-9-16(17)18(22)21-13-11-20(12-14-21)15-7-3-2-4-8-15/h2-10,19H,11-14H2,1H3. The van der Waals surface area contributed by atoms with Crippen LogP contribution in [-0.4, -0.2) is 44.0 Å². The smallest absolute Gasteiger partial charge is 0.256 e. The Morgan fingerprint density at radius 2 is 1.55 bits per heavy atom. The number of carbonyl (C=O) groups excluding carboxylic acids is 1. The van der Waals surface area contributed by atoms with Crippen LogP contribution < -0.4 is 10.2 Å².